The lowest BCUT2D eigenvalue weighted by molar-refractivity contribution is -0.228. The van der Waals surface area contributed by atoms with E-state index in [1.54, 1.807) is 40.7 Å². The Morgan fingerprint density at radius 3 is 2.01 bits per heavy atom. The second kappa shape index (κ2) is 27.4. The van der Waals surface area contributed by atoms with E-state index in [2.05, 4.69) is 38.4 Å². The van der Waals surface area contributed by atoms with Gasteiger partial charge in [0.2, 0.25) is 5.91 Å². The number of rotatable bonds is 27. The van der Waals surface area contributed by atoms with Gasteiger partial charge in [0.15, 0.2) is 24.5 Å². The third kappa shape index (κ3) is 16.7. The standard InChI is InChI=1S/C53H67N7O12/c1-35(61)70-46-34-69-53(49(72-37(3)63)48(46)71-36(2)62)58-52(67)45-30-41(32-60(45)26-17-10-8-6-5-7-9-11-18-27-68-33-38-20-13-12-14-21-38)55-47(64)24-19-25-54-51(66)44-29-40(31-59(44)4)56-50(65)43-28-39-22-15-16-23-42(39)57-43/h12-16,20-23,28-32,46,48-49,53,57H,5-11,17-19,24-27,33-34H2,1-4H3,(H,54,66)(H,55,64)(H,56,65)(H,58,67)/t46-,48+,49-,53+/m1/s1. The van der Waals surface area contributed by atoms with Crippen LogP contribution in [-0.4, -0.2) is 100.0 Å². The van der Waals surface area contributed by atoms with Crippen molar-refractivity contribution in [1.82, 2.24) is 24.8 Å². The number of aryl methyl sites for hydroxylation is 2. The van der Waals surface area contributed by atoms with E-state index in [0.717, 1.165) is 89.1 Å². The largest absolute Gasteiger partial charge is 0.456 e. The van der Waals surface area contributed by atoms with E-state index in [0.29, 0.717) is 42.3 Å². The Kier molecular flexibility index (Phi) is 20.6. The molecule has 386 valence electrons. The van der Waals surface area contributed by atoms with Crippen LogP contribution in [0.3, 0.4) is 0 Å². The Morgan fingerprint density at radius 2 is 1.31 bits per heavy atom. The summed E-state index contributed by atoms with van der Waals surface area (Å²) in [6, 6.07) is 22.6. The SMILES string of the molecule is CC(=O)O[C@@H]1[C@@H](OC(C)=O)[C@@H](NC(=O)c2cc(NC(=O)CCCNC(=O)c3cc(NC(=O)c4cc5ccccc5[nH]4)cn3C)cn2CCCCCCCCCCCOCc2ccccc2)OC[C@H]1OC(C)=O. The van der Waals surface area contributed by atoms with Crippen LogP contribution in [-0.2, 0) is 63.1 Å². The van der Waals surface area contributed by atoms with E-state index in [-0.39, 0.29) is 43.0 Å². The van der Waals surface area contributed by atoms with Crippen molar-refractivity contribution in [3.05, 3.63) is 108 Å². The van der Waals surface area contributed by atoms with Crippen LogP contribution in [0.2, 0.25) is 0 Å². The molecule has 6 rings (SSSR count). The highest BCUT2D eigenvalue weighted by atomic mass is 16.6. The maximum atomic E-state index is 14.1. The van der Waals surface area contributed by atoms with Crippen LogP contribution in [0.1, 0.15) is 128 Å². The number of nitrogens with one attached hydrogen (secondary N) is 5. The molecule has 3 aromatic heterocycles. The van der Waals surface area contributed by atoms with E-state index < -0.39 is 48.4 Å². The van der Waals surface area contributed by atoms with Gasteiger partial charge < -0.3 is 59.1 Å². The van der Waals surface area contributed by atoms with Crippen LogP contribution in [0.5, 0.6) is 0 Å². The number of ether oxygens (including phenoxy) is 5. The zero-order chi connectivity index (χ0) is 51.4. The monoisotopic (exact) mass is 993 g/mol. The summed E-state index contributed by atoms with van der Waals surface area (Å²) < 4.78 is 31.2. The van der Waals surface area contributed by atoms with Gasteiger partial charge in [0.05, 0.1) is 24.6 Å². The molecule has 0 spiro atoms. The highest BCUT2D eigenvalue weighted by Crippen LogP contribution is 2.25. The van der Waals surface area contributed by atoms with Gasteiger partial charge in [-0.3, -0.25) is 33.6 Å². The Hall–Kier alpha value is -7.25. The number of esters is 3. The fourth-order valence-corrected chi connectivity index (χ4v) is 8.53. The second-order valence-corrected chi connectivity index (χ2v) is 17.9. The topological polar surface area (TPSA) is 239 Å². The van der Waals surface area contributed by atoms with E-state index in [1.807, 2.05) is 42.5 Å². The van der Waals surface area contributed by atoms with E-state index in [9.17, 15) is 33.6 Å². The van der Waals surface area contributed by atoms with Gasteiger partial charge in [0.1, 0.15) is 17.1 Å². The van der Waals surface area contributed by atoms with Crippen LogP contribution >= 0.6 is 0 Å². The van der Waals surface area contributed by atoms with Gasteiger partial charge in [0.25, 0.3) is 17.7 Å². The summed E-state index contributed by atoms with van der Waals surface area (Å²) in [5.41, 5.74) is 3.70. The molecule has 5 aromatic rings. The third-order valence-electron chi connectivity index (χ3n) is 12.0. The lowest BCUT2D eigenvalue weighted by atomic mass is 10.0. The number of hydrogen-bond donors (Lipinski definition) is 5. The molecule has 4 heterocycles. The summed E-state index contributed by atoms with van der Waals surface area (Å²) in [6.45, 7) is 5.22. The molecule has 72 heavy (non-hydrogen) atoms. The van der Waals surface area contributed by atoms with Gasteiger partial charge in [-0.15, -0.1) is 0 Å². The minimum absolute atomic E-state index is 0.0506. The van der Waals surface area contributed by atoms with Crippen molar-refractivity contribution >= 4 is 63.8 Å². The molecule has 0 bridgehead atoms. The molecule has 1 aliphatic rings. The number of benzene rings is 2. The van der Waals surface area contributed by atoms with Crippen molar-refractivity contribution in [1.29, 1.82) is 0 Å². The highest BCUT2D eigenvalue weighted by Gasteiger charge is 2.47. The van der Waals surface area contributed by atoms with Crippen molar-refractivity contribution in [3.8, 4) is 0 Å². The Bertz CT molecular complexity index is 2590. The molecule has 1 saturated heterocycles. The zero-order valence-corrected chi connectivity index (χ0v) is 41.5. The number of para-hydroxylation sites is 1. The summed E-state index contributed by atoms with van der Waals surface area (Å²) in [7, 11) is 1.69. The number of nitrogens with zero attached hydrogens (tertiary/aromatic N) is 2. The van der Waals surface area contributed by atoms with Crippen LogP contribution in [0.25, 0.3) is 10.9 Å². The first-order valence-corrected chi connectivity index (χ1v) is 24.6. The summed E-state index contributed by atoms with van der Waals surface area (Å²) in [5, 5.41) is 12.2. The summed E-state index contributed by atoms with van der Waals surface area (Å²) in [4.78, 5) is 92.7. The number of fused-ring (bicyclic) bond motifs is 1. The minimum atomic E-state index is -1.37. The average Bonchev–Trinajstić information content (AvgIpc) is 4.07. The minimum Gasteiger partial charge on any atom is -0.456 e. The molecular formula is C53H67N7O12. The number of aromatic amines is 1. The van der Waals surface area contributed by atoms with Gasteiger partial charge in [-0.2, -0.15) is 0 Å². The fourth-order valence-electron chi connectivity index (χ4n) is 8.53. The van der Waals surface area contributed by atoms with Gasteiger partial charge in [-0.25, -0.2) is 0 Å². The van der Waals surface area contributed by atoms with E-state index in [1.165, 1.54) is 18.6 Å². The summed E-state index contributed by atoms with van der Waals surface area (Å²) >= 11 is 0. The lowest BCUT2D eigenvalue weighted by Crippen LogP contribution is -2.62. The van der Waals surface area contributed by atoms with E-state index in [4.69, 9.17) is 23.7 Å². The quantitative estimate of drug-likeness (QED) is 0.0198. The van der Waals surface area contributed by atoms with Crippen molar-refractivity contribution < 1.29 is 57.2 Å². The molecule has 19 nitrogen and oxygen atoms in total. The maximum Gasteiger partial charge on any atom is 0.303 e. The van der Waals surface area contributed by atoms with Crippen molar-refractivity contribution in [2.45, 2.75) is 129 Å². The molecule has 4 atom stereocenters. The smallest absolute Gasteiger partial charge is 0.303 e. The highest BCUT2D eigenvalue weighted by molar-refractivity contribution is 6.06. The molecule has 2 aromatic carbocycles. The molecule has 5 N–H and O–H groups in total. The van der Waals surface area contributed by atoms with Crippen LogP contribution in [0, 0.1) is 0 Å². The van der Waals surface area contributed by atoms with Crippen LogP contribution in [0.4, 0.5) is 11.4 Å². The molecule has 0 radical (unpaired) electrons. The van der Waals surface area contributed by atoms with Gasteiger partial charge in [-0.05, 0) is 49.1 Å². The zero-order valence-electron chi connectivity index (χ0n) is 41.5. The maximum absolute atomic E-state index is 14.1. The number of carbonyl (C=O) groups excluding carboxylic acids is 7. The first-order valence-electron chi connectivity index (χ1n) is 24.6. The fraction of sp³-hybridized carbons (Fsp3) is 0.453. The van der Waals surface area contributed by atoms with Gasteiger partial charge >= 0.3 is 17.9 Å². The number of anilines is 2. The number of hydrogen-bond acceptors (Lipinski definition) is 12. The molecule has 4 amide bonds. The number of H-pyrrole nitrogens is 1. The third-order valence-corrected chi connectivity index (χ3v) is 12.0. The van der Waals surface area contributed by atoms with Crippen LogP contribution < -0.4 is 21.3 Å². The Morgan fingerprint density at radius 1 is 0.667 bits per heavy atom. The number of unbranched alkanes of at least 4 members (excludes halogenated alkanes) is 8. The Balaban J connectivity index is 0.999. The molecule has 0 aliphatic carbocycles. The molecule has 19 heteroatoms. The molecule has 0 saturated carbocycles. The lowest BCUT2D eigenvalue weighted by Gasteiger charge is -2.40. The van der Waals surface area contributed by atoms with E-state index >= 15 is 0 Å². The van der Waals surface area contributed by atoms with Gasteiger partial charge in [-0.1, -0.05) is 93.5 Å². The molecular weight excluding hydrogens is 927 g/mol. The predicted octanol–water partition coefficient (Wildman–Crippen LogP) is 7.32. The number of amides is 4. The molecule has 1 fully saturated rings. The predicted molar refractivity (Wildman–Crippen MR) is 268 cm³/mol. The Labute approximate surface area is 419 Å². The number of carbonyl (C=O) groups is 7. The first-order chi connectivity index (χ1) is 34.7. The normalized spacial score (nSPS) is 16.4. The second-order valence-electron chi connectivity index (χ2n) is 17.9. The van der Waals surface area contributed by atoms with Crippen molar-refractivity contribution in [2.24, 2.45) is 7.05 Å². The molecule has 0 unspecified atom stereocenters. The summed E-state index contributed by atoms with van der Waals surface area (Å²) in [5.74, 6) is -3.86. The average molecular weight is 994 g/mol. The van der Waals surface area contributed by atoms with Gasteiger partial charge in [0, 0.05) is 77.2 Å². The van der Waals surface area contributed by atoms with Crippen molar-refractivity contribution in [3.63, 3.8) is 0 Å². The first kappa shape index (κ1) is 54.1. The van der Waals surface area contributed by atoms with Crippen LogP contribution in [0.15, 0.2) is 85.2 Å². The molecule has 1 aliphatic heterocycles. The summed E-state index contributed by atoms with van der Waals surface area (Å²) in [6.07, 6.45) is 7.92. The van der Waals surface area contributed by atoms with Crippen molar-refractivity contribution in [2.75, 3.05) is 30.4 Å². The number of aromatic nitrogens is 3.